The van der Waals surface area contributed by atoms with Gasteiger partial charge in [0.2, 0.25) is 0 Å². The van der Waals surface area contributed by atoms with Crippen molar-refractivity contribution in [3.05, 3.63) is 48.0 Å². The summed E-state index contributed by atoms with van der Waals surface area (Å²) in [5.74, 6) is 1.31. The first-order valence-corrected chi connectivity index (χ1v) is 7.84. The molecule has 2 aromatic heterocycles. The van der Waals surface area contributed by atoms with E-state index in [0.29, 0.717) is 18.7 Å². The average molecular weight is 332 g/mol. The topological polar surface area (TPSA) is 90.6 Å². The van der Waals surface area contributed by atoms with Crippen LogP contribution >= 0.6 is 0 Å². The number of urea groups is 1. The van der Waals surface area contributed by atoms with E-state index in [-0.39, 0.29) is 12.1 Å². The van der Waals surface area contributed by atoms with Crippen molar-refractivity contribution in [3.8, 4) is 0 Å². The molecule has 0 radical (unpaired) electrons. The molecule has 0 unspecified atom stereocenters. The van der Waals surface area contributed by atoms with E-state index in [9.17, 15) is 9.90 Å². The highest BCUT2D eigenvalue weighted by Crippen LogP contribution is 2.18. The molecule has 0 saturated heterocycles. The summed E-state index contributed by atoms with van der Waals surface area (Å²) in [5.41, 5.74) is 0.931. The van der Waals surface area contributed by atoms with Gasteiger partial charge >= 0.3 is 6.03 Å². The third-order valence-electron chi connectivity index (χ3n) is 3.56. The van der Waals surface area contributed by atoms with Gasteiger partial charge in [-0.1, -0.05) is 6.07 Å². The largest absolute Gasteiger partial charge is 0.467 e. The van der Waals surface area contributed by atoms with Crippen LogP contribution in [0.25, 0.3) is 0 Å². The van der Waals surface area contributed by atoms with Crippen molar-refractivity contribution in [3.63, 3.8) is 0 Å². The molecule has 24 heavy (non-hydrogen) atoms. The minimum absolute atomic E-state index is 0.202. The fourth-order valence-electron chi connectivity index (χ4n) is 2.41. The quantitative estimate of drug-likeness (QED) is 0.722. The number of hydrogen-bond acceptors (Lipinski definition) is 5. The van der Waals surface area contributed by atoms with Crippen molar-refractivity contribution in [1.29, 1.82) is 0 Å². The zero-order chi connectivity index (χ0) is 17.5. The number of nitrogens with zero attached hydrogens (tertiary/aromatic N) is 2. The van der Waals surface area contributed by atoms with Crippen molar-refractivity contribution in [2.45, 2.75) is 32.0 Å². The molecule has 2 rings (SSSR count). The van der Waals surface area contributed by atoms with Crippen LogP contribution < -0.4 is 15.5 Å². The maximum absolute atomic E-state index is 12.0. The maximum atomic E-state index is 12.0. The minimum atomic E-state index is -0.742. The molecule has 7 nitrogen and oxygen atoms in total. The van der Waals surface area contributed by atoms with Crippen molar-refractivity contribution >= 4 is 11.8 Å². The van der Waals surface area contributed by atoms with Gasteiger partial charge in [-0.2, -0.15) is 0 Å². The molecule has 2 atom stereocenters. The Morgan fingerprint density at radius 3 is 2.83 bits per heavy atom. The number of amides is 2. The van der Waals surface area contributed by atoms with Crippen LogP contribution in [0.1, 0.15) is 30.8 Å². The Labute approximate surface area is 141 Å². The Morgan fingerprint density at radius 2 is 2.17 bits per heavy atom. The number of aliphatic hydroxyl groups excluding tert-OH is 1. The van der Waals surface area contributed by atoms with Gasteiger partial charge in [-0.25, -0.2) is 9.78 Å². The van der Waals surface area contributed by atoms with E-state index in [2.05, 4.69) is 15.6 Å². The number of carbonyl (C=O) groups excluding carboxylic acids is 1. The number of rotatable bonds is 7. The van der Waals surface area contributed by atoms with E-state index < -0.39 is 6.10 Å². The predicted molar refractivity (Wildman–Crippen MR) is 91.7 cm³/mol. The van der Waals surface area contributed by atoms with Crippen LogP contribution in [-0.2, 0) is 6.54 Å². The van der Waals surface area contributed by atoms with Crippen LogP contribution in [-0.4, -0.2) is 36.3 Å². The minimum Gasteiger partial charge on any atom is -0.467 e. The smallest absolute Gasteiger partial charge is 0.315 e. The summed E-state index contributed by atoms with van der Waals surface area (Å²) in [6.45, 7) is 2.21. The third-order valence-corrected chi connectivity index (χ3v) is 3.56. The summed E-state index contributed by atoms with van der Waals surface area (Å²) in [6.07, 6.45) is 2.86. The van der Waals surface area contributed by atoms with E-state index in [1.54, 1.807) is 18.3 Å². The van der Waals surface area contributed by atoms with E-state index in [0.717, 1.165) is 11.4 Å². The summed E-state index contributed by atoms with van der Waals surface area (Å²) < 4.78 is 5.15. The highest BCUT2D eigenvalue weighted by atomic mass is 16.4. The van der Waals surface area contributed by atoms with Gasteiger partial charge in [0, 0.05) is 44.9 Å². The second-order valence-electron chi connectivity index (χ2n) is 5.88. The van der Waals surface area contributed by atoms with Gasteiger partial charge in [-0.3, -0.25) is 0 Å². The maximum Gasteiger partial charge on any atom is 0.315 e. The molecule has 0 bridgehead atoms. The zero-order valence-electron chi connectivity index (χ0n) is 14.2. The Kier molecular flexibility index (Phi) is 6.20. The number of pyridine rings is 1. The Hall–Kier alpha value is -2.54. The molecule has 130 valence electrons. The van der Waals surface area contributed by atoms with Crippen LogP contribution in [0.4, 0.5) is 10.6 Å². The standard InChI is InChI=1S/C17H24N4O3/c1-12(10-14(22)15-7-5-9-24-15)20-17(23)19-11-13-6-4-8-18-16(13)21(2)3/h4-9,12,14,22H,10-11H2,1-3H3,(H2,19,20,23)/t12-,14-/m0/s1. The van der Waals surface area contributed by atoms with Gasteiger partial charge in [0.1, 0.15) is 17.7 Å². The van der Waals surface area contributed by atoms with Crippen LogP contribution in [0.5, 0.6) is 0 Å². The fraction of sp³-hybridized carbons (Fsp3) is 0.412. The second-order valence-corrected chi connectivity index (χ2v) is 5.88. The number of anilines is 1. The molecule has 0 saturated carbocycles. The van der Waals surface area contributed by atoms with Crippen LogP contribution in [0.2, 0.25) is 0 Å². The molecule has 3 N–H and O–H groups in total. The van der Waals surface area contributed by atoms with Gasteiger partial charge in [0.15, 0.2) is 0 Å². The van der Waals surface area contributed by atoms with Gasteiger partial charge in [0.05, 0.1) is 6.26 Å². The molecule has 0 fully saturated rings. The molecule has 0 spiro atoms. The van der Waals surface area contributed by atoms with Gasteiger partial charge < -0.3 is 25.1 Å². The summed E-state index contributed by atoms with van der Waals surface area (Å²) in [5, 5.41) is 15.6. The summed E-state index contributed by atoms with van der Waals surface area (Å²) in [6, 6.07) is 6.70. The number of aliphatic hydroxyl groups is 1. The zero-order valence-corrected chi connectivity index (χ0v) is 14.2. The van der Waals surface area contributed by atoms with Crippen molar-refractivity contribution in [2.24, 2.45) is 0 Å². The van der Waals surface area contributed by atoms with E-state index in [1.807, 2.05) is 38.1 Å². The third kappa shape index (κ3) is 4.99. The molecule has 0 aliphatic rings. The average Bonchev–Trinajstić information content (AvgIpc) is 3.07. The lowest BCUT2D eigenvalue weighted by Crippen LogP contribution is -2.41. The first-order valence-electron chi connectivity index (χ1n) is 7.84. The summed E-state index contributed by atoms with van der Waals surface area (Å²) in [7, 11) is 3.81. The molecular weight excluding hydrogens is 308 g/mol. The number of furan rings is 1. The molecule has 2 aromatic rings. The number of nitrogens with one attached hydrogen (secondary N) is 2. The molecule has 0 aliphatic heterocycles. The fourth-order valence-corrected chi connectivity index (χ4v) is 2.41. The number of aromatic nitrogens is 1. The Bertz CT molecular complexity index is 643. The molecule has 2 heterocycles. The summed E-state index contributed by atoms with van der Waals surface area (Å²) >= 11 is 0. The van der Waals surface area contributed by atoms with Gasteiger partial charge in [-0.15, -0.1) is 0 Å². The number of carbonyl (C=O) groups is 1. The van der Waals surface area contributed by atoms with Crippen molar-refractivity contribution in [1.82, 2.24) is 15.6 Å². The summed E-state index contributed by atoms with van der Waals surface area (Å²) in [4.78, 5) is 18.2. The Balaban J connectivity index is 1.81. The van der Waals surface area contributed by atoms with E-state index in [4.69, 9.17) is 4.42 Å². The lowest BCUT2D eigenvalue weighted by molar-refractivity contribution is 0.129. The van der Waals surface area contributed by atoms with Crippen molar-refractivity contribution < 1.29 is 14.3 Å². The second kappa shape index (κ2) is 8.35. The monoisotopic (exact) mass is 332 g/mol. The first-order chi connectivity index (χ1) is 11.5. The molecule has 7 heteroatoms. The number of hydrogen-bond donors (Lipinski definition) is 3. The normalized spacial score (nSPS) is 13.2. The molecule has 0 aromatic carbocycles. The van der Waals surface area contributed by atoms with Gasteiger partial charge in [0.25, 0.3) is 0 Å². The lowest BCUT2D eigenvalue weighted by atomic mass is 10.1. The van der Waals surface area contributed by atoms with Crippen LogP contribution in [0.15, 0.2) is 41.1 Å². The Morgan fingerprint density at radius 1 is 1.38 bits per heavy atom. The molecular formula is C17H24N4O3. The van der Waals surface area contributed by atoms with E-state index >= 15 is 0 Å². The molecule has 0 aliphatic carbocycles. The van der Waals surface area contributed by atoms with Crippen LogP contribution in [0.3, 0.4) is 0 Å². The van der Waals surface area contributed by atoms with Crippen molar-refractivity contribution in [2.75, 3.05) is 19.0 Å². The van der Waals surface area contributed by atoms with Crippen LogP contribution in [0, 0.1) is 0 Å². The van der Waals surface area contributed by atoms with E-state index in [1.165, 1.54) is 6.26 Å². The SMILES string of the molecule is C[C@@H](C[C@H](O)c1ccco1)NC(=O)NCc1cccnc1N(C)C. The highest BCUT2D eigenvalue weighted by Gasteiger charge is 2.16. The highest BCUT2D eigenvalue weighted by molar-refractivity contribution is 5.74. The lowest BCUT2D eigenvalue weighted by Gasteiger charge is -2.19. The predicted octanol–water partition coefficient (Wildman–Crippen LogP) is 2.05. The molecule has 2 amide bonds. The van der Waals surface area contributed by atoms with Gasteiger partial charge in [-0.05, 0) is 25.1 Å². The first kappa shape index (κ1) is 17.8.